The number of hydrogen-bond acceptors (Lipinski definition) is 8. The Kier molecular flexibility index (Phi) is 4.21. The van der Waals surface area contributed by atoms with Gasteiger partial charge in [0, 0.05) is 23.8 Å². The summed E-state index contributed by atoms with van der Waals surface area (Å²) in [6.07, 6.45) is 3.29. The van der Waals surface area contributed by atoms with E-state index in [4.69, 9.17) is 23.7 Å². The Morgan fingerprint density at radius 3 is 2.71 bits per heavy atom. The zero-order valence-corrected chi connectivity index (χ0v) is 12.2. The fourth-order valence-corrected chi connectivity index (χ4v) is 1.98. The Bertz CT molecular complexity index is 865. The van der Waals surface area contributed by atoms with Gasteiger partial charge in [-0.2, -0.15) is 0 Å². The molecule has 2 aromatic rings. The minimum absolute atomic E-state index is 0.0561. The van der Waals surface area contributed by atoms with Gasteiger partial charge >= 0.3 is 5.97 Å². The number of carbonyl (C=O) groups is 1. The topological polar surface area (TPSA) is 115 Å². The number of phenols is 1. The summed E-state index contributed by atoms with van der Waals surface area (Å²) >= 11 is 0. The summed E-state index contributed by atoms with van der Waals surface area (Å²) in [4.78, 5) is 23.4. The zero-order chi connectivity index (χ0) is 17.1. The van der Waals surface area contributed by atoms with E-state index < -0.39 is 18.0 Å². The highest BCUT2D eigenvalue weighted by Crippen LogP contribution is 2.38. The smallest absolute Gasteiger partial charge is 0.336 e. The fraction of sp³-hybridized carbons (Fsp3) is 0.125. The molecule has 8 heteroatoms. The lowest BCUT2D eigenvalue weighted by Crippen LogP contribution is -2.12. The summed E-state index contributed by atoms with van der Waals surface area (Å²) in [5.74, 6) is -0.335. The van der Waals surface area contributed by atoms with Gasteiger partial charge in [0.2, 0.25) is 18.0 Å². The van der Waals surface area contributed by atoms with E-state index in [1.54, 1.807) is 0 Å². The lowest BCUT2D eigenvalue weighted by atomic mass is 10.1. The highest BCUT2D eigenvalue weighted by atomic mass is 16.7. The third-order valence-electron chi connectivity index (χ3n) is 3.14. The maximum Gasteiger partial charge on any atom is 0.336 e. The Morgan fingerprint density at radius 1 is 1.25 bits per heavy atom. The lowest BCUT2D eigenvalue weighted by molar-refractivity contribution is -0.129. The van der Waals surface area contributed by atoms with Crippen molar-refractivity contribution in [2.45, 2.75) is 6.61 Å². The monoisotopic (exact) mass is 332 g/mol. The van der Waals surface area contributed by atoms with Crippen LogP contribution in [0.15, 0.2) is 39.7 Å². The van der Waals surface area contributed by atoms with Crippen LogP contribution in [0, 0.1) is 0 Å². The number of fused-ring (bicyclic) bond motifs is 1. The fourth-order valence-electron chi connectivity index (χ4n) is 1.98. The van der Waals surface area contributed by atoms with Crippen molar-refractivity contribution in [3.8, 4) is 23.0 Å². The number of rotatable bonds is 4. The van der Waals surface area contributed by atoms with E-state index in [1.165, 1.54) is 18.2 Å². The van der Waals surface area contributed by atoms with E-state index in [9.17, 15) is 14.7 Å². The van der Waals surface area contributed by atoms with Crippen LogP contribution < -0.4 is 19.6 Å². The summed E-state index contributed by atoms with van der Waals surface area (Å²) in [7, 11) is 0. The first-order valence-corrected chi connectivity index (χ1v) is 6.82. The number of aromatic hydroxyl groups is 1. The van der Waals surface area contributed by atoms with Gasteiger partial charge in [-0.1, -0.05) is 0 Å². The first-order chi connectivity index (χ1) is 11.6. The Balaban J connectivity index is 1.73. The number of benzene rings is 1. The van der Waals surface area contributed by atoms with Gasteiger partial charge in [0.1, 0.15) is 24.4 Å². The van der Waals surface area contributed by atoms with E-state index in [0.29, 0.717) is 17.1 Å². The second-order valence-electron chi connectivity index (χ2n) is 4.75. The molecule has 8 nitrogen and oxygen atoms in total. The van der Waals surface area contributed by atoms with Crippen LogP contribution in [0.1, 0.15) is 11.3 Å². The number of aliphatic hydroxyl groups excluding tert-OH is 1. The third-order valence-corrected chi connectivity index (χ3v) is 3.14. The van der Waals surface area contributed by atoms with Crippen LogP contribution in [0.25, 0.3) is 6.08 Å². The van der Waals surface area contributed by atoms with E-state index in [1.807, 2.05) is 0 Å². The molecule has 2 N–H and O–H groups in total. The number of carbonyl (C=O) groups excluding carboxylic acids is 1. The van der Waals surface area contributed by atoms with Gasteiger partial charge in [0.25, 0.3) is 0 Å². The molecule has 24 heavy (non-hydrogen) atoms. The minimum Gasteiger partial charge on any atom is -0.507 e. The molecule has 0 fully saturated rings. The molecule has 0 unspecified atom stereocenters. The van der Waals surface area contributed by atoms with Crippen LogP contribution in [0.3, 0.4) is 0 Å². The molecule has 0 radical (unpaired) electrons. The zero-order valence-electron chi connectivity index (χ0n) is 12.2. The van der Waals surface area contributed by atoms with Gasteiger partial charge in [0.15, 0.2) is 11.5 Å². The summed E-state index contributed by atoms with van der Waals surface area (Å²) in [6, 6.07) is 3.90. The molecule has 0 amide bonds. The van der Waals surface area contributed by atoms with Crippen molar-refractivity contribution in [2.24, 2.45) is 0 Å². The number of hydrogen-bond donors (Lipinski definition) is 2. The van der Waals surface area contributed by atoms with Gasteiger partial charge in [-0.15, -0.1) is 0 Å². The SMILES string of the molecule is O=C(/C=C/c1cc2c(cc1O)OCO2)Oc1coc(CO)cc1=O. The predicted molar refractivity (Wildman–Crippen MR) is 79.8 cm³/mol. The summed E-state index contributed by atoms with van der Waals surface area (Å²) in [6.45, 7) is -0.379. The van der Waals surface area contributed by atoms with Crippen LogP contribution in [-0.2, 0) is 11.4 Å². The molecular weight excluding hydrogens is 320 g/mol. The first kappa shape index (κ1) is 15.6. The van der Waals surface area contributed by atoms with E-state index in [0.717, 1.165) is 18.4 Å². The first-order valence-electron chi connectivity index (χ1n) is 6.82. The maximum atomic E-state index is 11.8. The van der Waals surface area contributed by atoms with Crippen molar-refractivity contribution in [1.29, 1.82) is 0 Å². The van der Waals surface area contributed by atoms with Gasteiger partial charge in [-0.3, -0.25) is 4.79 Å². The molecule has 0 aliphatic carbocycles. The maximum absolute atomic E-state index is 11.8. The second-order valence-corrected chi connectivity index (χ2v) is 4.75. The van der Waals surface area contributed by atoms with Gasteiger partial charge < -0.3 is 28.8 Å². The normalized spacial score (nSPS) is 12.5. The van der Waals surface area contributed by atoms with E-state index in [-0.39, 0.29) is 24.1 Å². The molecule has 1 aliphatic heterocycles. The Labute approximate surface area is 135 Å². The molecule has 2 heterocycles. The van der Waals surface area contributed by atoms with E-state index >= 15 is 0 Å². The van der Waals surface area contributed by atoms with Crippen LogP contribution in [0.5, 0.6) is 23.0 Å². The molecule has 0 spiro atoms. The van der Waals surface area contributed by atoms with Gasteiger partial charge in [-0.05, 0) is 12.1 Å². The van der Waals surface area contributed by atoms with Crippen LogP contribution in [-0.4, -0.2) is 23.0 Å². The number of aliphatic hydroxyl groups is 1. The number of ether oxygens (including phenoxy) is 3. The standard InChI is InChI=1S/C16H12O8/c17-6-10-4-12(19)15(7-21-10)24-16(20)2-1-9-3-13-14(5-11(9)18)23-8-22-13/h1-5,7,17-18H,6,8H2/b2-1+. The van der Waals surface area contributed by atoms with Crippen molar-refractivity contribution in [3.05, 3.63) is 52.1 Å². The van der Waals surface area contributed by atoms with Crippen molar-refractivity contribution in [1.82, 2.24) is 0 Å². The molecule has 124 valence electrons. The Morgan fingerprint density at radius 2 is 2.00 bits per heavy atom. The molecule has 0 saturated carbocycles. The molecule has 1 aromatic heterocycles. The Hall–Kier alpha value is -3.26. The van der Waals surface area contributed by atoms with Crippen LogP contribution in [0.2, 0.25) is 0 Å². The molecule has 3 rings (SSSR count). The molecular formula is C16H12O8. The summed E-state index contributed by atoms with van der Waals surface area (Å²) < 4.78 is 20.0. The molecule has 0 bridgehead atoms. The second kappa shape index (κ2) is 6.47. The third kappa shape index (κ3) is 3.23. The van der Waals surface area contributed by atoms with Gasteiger partial charge in [-0.25, -0.2) is 4.79 Å². The van der Waals surface area contributed by atoms with Gasteiger partial charge in [0.05, 0.1) is 0 Å². The van der Waals surface area contributed by atoms with Crippen molar-refractivity contribution in [2.75, 3.05) is 6.79 Å². The lowest BCUT2D eigenvalue weighted by Gasteiger charge is -2.02. The number of esters is 1. The van der Waals surface area contributed by atoms with Crippen molar-refractivity contribution in [3.63, 3.8) is 0 Å². The number of phenolic OH excluding ortho intramolecular Hbond substituents is 1. The summed E-state index contributed by atoms with van der Waals surface area (Å²) in [5, 5.41) is 18.7. The molecule has 1 aliphatic rings. The quantitative estimate of drug-likeness (QED) is 0.633. The highest BCUT2D eigenvalue weighted by molar-refractivity contribution is 5.89. The average molecular weight is 332 g/mol. The van der Waals surface area contributed by atoms with E-state index in [2.05, 4.69) is 0 Å². The van der Waals surface area contributed by atoms with Crippen LogP contribution in [0.4, 0.5) is 0 Å². The predicted octanol–water partition coefficient (Wildman–Crippen LogP) is 1.19. The summed E-state index contributed by atoms with van der Waals surface area (Å²) in [5.41, 5.74) is -0.281. The largest absolute Gasteiger partial charge is 0.507 e. The van der Waals surface area contributed by atoms with Crippen molar-refractivity contribution >= 4 is 12.0 Å². The molecule has 0 saturated heterocycles. The van der Waals surface area contributed by atoms with Crippen LogP contribution >= 0.6 is 0 Å². The average Bonchev–Trinajstić information content (AvgIpc) is 3.01. The molecule has 0 atom stereocenters. The van der Waals surface area contributed by atoms with Crippen molar-refractivity contribution < 1.29 is 33.6 Å². The molecule has 1 aromatic carbocycles. The minimum atomic E-state index is -0.837. The highest BCUT2D eigenvalue weighted by Gasteiger charge is 2.16.